The first-order valence-corrected chi connectivity index (χ1v) is 7.08. The molecular weight excluding hydrogens is 250 g/mol. The van der Waals surface area contributed by atoms with Crippen molar-refractivity contribution in [1.82, 2.24) is 9.78 Å². The number of rotatable bonds is 5. The molecule has 0 aliphatic carbocycles. The summed E-state index contributed by atoms with van der Waals surface area (Å²) in [5, 5.41) is 4.64. The molecule has 4 nitrogen and oxygen atoms in total. The van der Waals surface area contributed by atoms with E-state index in [-0.39, 0.29) is 0 Å². The van der Waals surface area contributed by atoms with Gasteiger partial charge in [0.2, 0.25) is 0 Å². The number of hydrogen-bond acceptors (Lipinski definition) is 3. The van der Waals surface area contributed by atoms with Gasteiger partial charge in [-0.05, 0) is 25.8 Å². The summed E-state index contributed by atoms with van der Waals surface area (Å²) in [6.45, 7) is 6.96. The van der Waals surface area contributed by atoms with E-state index in [9.17, 15) is 0 Å². The summed E-state index contributed by atoms with van der Waals surface area (Å²) in [6, 6.07) is 6.20. The molecule has 0 fully saturated rings. The van der Waals surface area contributed by atoms with Gasteiger partial charge in [0.05, 0.1) is 30.7 Å². The van der Waals surface area contributed by atoms with Gasteiger partial charge in [0, 0.05) is 5.56 Å². The van der Waals surface area contributed by atoms with E-state index >= 15 is 0 Å². The molecule has 108 valence electrons. The van der Waals surface area contributed by atoms with Crippen LogP contribution in [0.4, 0.5) is 5.69 Å². The van der Waals surface area contributed by atoms with Crippen LogP contribution in [0.15, 0.2) is 18.2 Å². The molecule has 0 saturated heterocycles. The van der Waals surface area contributed by atoms with Crippen molar-refractivity contribution in [3.63, 3.8) is 0 Å². The van der Waals surface area contributed by atoms with E-state index in [1.807, 2.05) is 10.7 Å². The fourth-order valence-electron chi connectivity index (χ4n) is 2.52. The Hall–Kier alpha value is -1.97. The second-order valence-corrected chi connectivity index (χ2v) is 4.99. The number of nitrogens with zero attached hydrogens (tertiary/aromatic N) is 2. The monoisotopic (exact) mass is 273 g/mol. The Kier molecular flexibility index (Phi) is 4.32. The van der Waals surface area contributed by atoms with E-state index in [0.717, 1.165) is 41.2 Å². The van der Waals surface area contributed by atoms with Crippen molar-refractivity contribution in [2.24, 2.45) is 0 Å². The zero-order chi connectivity index (χ0) is 14.7. The number of anilines is 1. The Morgan fingerprint density at radius 1 is 1.25 bits per heavy atom. The molecule has 4 heteroatoms. The van der Waals surface area contributed by atoms with Crippen molar-refractivity contribution < 1.29 is 4.74 Å². The lowest BCUT2D eigenvalue weighted by atomic mass is 10.1. The summed E-state index contributed by atoms with van der Waals surface area (Å²) in [6.07, 6.45) is 1.74. The van der Waals surface area contributed by atoms with Gasteiger partial charge in [-0.25, -0.2) is 0 Å². The number of aryl methyl sites for hydroxylation is 2. The molecule has 2 aromatic rings. The fourth-order valence-corrected chi connectivity index (χ4v) is 2.52. The fraction of sp³-hybridized carbons (Fsp3) is 0.438. The van der Waals surface area contributed by atoms with Gasteiger partial charge in [0.15, 0.2) is 0 Å². The van der Waals surface area contributed by atoms with E-state index in [0.29, 0.717) is 6.54 Å². The normalized spacial score (nSPS) is 10.8. The van der Waals surface area contributed by atoms with E-state index in [4.69, 9.17) is 10.5 Å². The lowest BCUT2D eigenvalue weighted by molar-refractivity contribution is 0.407. The number of nitrogens with two attached hydrogens (primary N) is 1. The molecule has 2 N–H and O–H groups in total. The number of methoxy groups -OCH3 is 1. The molecule has 0 atom stereocenters. The summed E-state index contributed by atoms with van der Waals surface area (Å²) in [4.78, 5) is 0. The van der Waals surface area contributed by atoms with Crippen LogP contribution >= 0.6 is 0 Å². The molecular formula is C16H23N3O. The van der Waals surface area contributed by atoms with E-state index in [1.165, 1.54) is 5.56 Å². The van der Waals surface area contributed by atoms with Crippen LogP contribution in [0.1, 0.15) is 36.4 Å². The second-order valence-electron chi connectivity index (χ2n) is 4.99. The van der Waals surface area contributed by atoms with Gasteiger partial charge in [-0.15, -0.1) is 0 Å². The standard InChI is InChI=1S/C16H23N3O/c1-5-13-16(17)14(6-2)19(18-13)10-12-9-11(3)7-8-15(12)20-4/h7-9H,5-6,10,17H2,1-4H3. The number of nitrogen functional groups attached to an aromatic ring is 1. The van der Waals surface area contributed by atoms with Crippen LogP contribution in [0.3, 0.4) is 0 Å². The molecule has 20 heavy (non-hydrogen) atoms. The van der Waals surface area contributed by atoms with Gasteiger partial charge < -0.3 is 10.5 Å². The molecule has 1 heterocycles. The zero-order valence-corrected chi connectivity index (χ0v) is 12.7. The molecule has 0 radical (unpaired) electrons. The van der Waals surface area contributed by atoms with Crippen molar-refractivity contribution in [3.8, 4) is 5.75 Å². The minimum absolute atomic E-state index is 0.693. The highest BCUT2D eigenvalue weighted by molar-refractivity contribution is 5.49. The number of hydrogen-bond donors (Lipinski definition) is 1. The van der Waals surface area contributed by atoms with Crippen molar-refractivity contribution in [2.45, 2.75) is 40.2 Å². The summed E-state index contributed by atoms with van der Waals surface area (Å²) in [7, 11) is 1.70. The van der Waals surface area contributed by atoms with E-state index in [2.05, 4.69) is 38.0 Å². The quantitative estimate of drug-likeness (QED) is 0.911. The number of benzene rings is 1. The second kappa shape index (κ2) is 5.99. The largest absolute Gasteiger partial charge is 0.496 e. The first-order valence-electron chi connectivity index (χ1n) is 7.08. The van der Waals surface area contributed by atoms with Crippen molar-refractivity contribution in [1.29, 1.82) is 0 Å². The van der Waals surface area contributed by atoms with Gasteiger partial charge in [-0.1, -0.05) is 31.5 Å². The topological polar surface area (TPSA) is 53.1 Å². The maximum absolute atomic E-state index is 6.16. The molecule has 1 aromatic heterocycles. The Labute approximate surface area is 120 Å². The van der Waals surface area contributed by atoms with Gasteiger partial charge in [-0.2, -0.15) is 5.10 Å². The zero-order valence-electron chi connectivity index (χ0n) is 12.7. The highest BCUT2D eigenvalue weighted by Gasteiger charge is 2.14. The molecule has 0 saturated carbocycles. The van der Waals surface area contributed by atoms with E-state index < -0.39 is 0 Å². The third-order valence-electron chi connectivity index (χ3n) is 3.60. The molecule has 2 rings (SSSR count). The minimum atomic E-state index is 0.693. The lowest BCUT2D eigenvalue weighted by Crippen LogP contribution is -2.08. The van der Waals surface area contributed by atoms with Crippen LogP contribution in [-0.4, -0.2) is 16.9 Å². The van der Waals surface area contributed by atoms with Crippen molar-refractivity contribution >= 4 is 5.69 Å². The van der Waals surface area contributed by atoms with Crippen LogP contribution in [0.2, 0.25) is 0 Å². The molecule has 1 aromatic carbocycles. The average Bonchev–Trinajstić information content (AvgIpc) is 2.74. The SMILES string of the molecule is CCc1nn(Cc2cc(C)ccc2OC)c(CC)c1N. The number of ether oxygens (including phenoxy) is 1. The maximum Gasteiger partial charge on any atom is 0.123 e. The van der Waals surface area contributed by atoms with Crippen LogP contribution < -0.4 is 10.5 Å². The molecule has 0 bridgehead atoms. The Bertz CT molecular complexity index is 602. The Morgan fingerprint density at radius 2 is 2.00 bits per heavy atom. The van der Waals surface area contributed by atoms with Crippen molar-refractivity contribution in [2.75, 3.05) is 12.8 Å². The van der Waals surface area contributed by atoms with Crippen molar-refractivity contribution in [3.05, 3.63) is 40.7 Å². The first-order chi connectivity index (χ1) is 9.60. The van der Waals surface area contributed by atoms with Gasteiger partial charge >= 0.3 is 0 Å². The molecule has 0 unspecified atom stereocenters. The lowest BCUT2D eigenvalue weighted by Gasteiger charge is -2.11. The summed E-state index contributed by atoms with van der Waals surface area (Å²) < 4.78 is 7.44. The van der Waals surface area contributed by atoms with Crippen LogP contribution in [-0.2, 0) is 19.4 Å². The number of aromatic nitrogens is 2. The summed E-state index contributed by atoms with van der Waals surface area (Å²) >= 11 is 0. The smallest absolute Gasteiger partial charge is 0.123 e. The third kappa shape index (κ3) is 2.64. The van der Waals surface area contributed by atoms with Gasteiger partial charge in [0.25, 0.3) is 0 Å². The van der Waals surface area contributed by atoms with Gasteiger partial charge in [-0.3, -0.25) is 4.68 Å². The maximum atomic E-state index is 6.16. The molecule has 0 aliphatic rings. The van der Waals surface area contributed by atoms with Crippen LogP contribution in [0.5, 0.6) is 5.75 Å². The third-order valence-corrected chi connectivity index (χ3v) is 3.60. The predicted molar refractivity (Wildman–Crippen MR) is 82.2 cm³/mol. The predicted octanol–water partition coefficient (Wildman–Crippen LogP) is 2.96. The van der Waals surface area contributed by atoms with Crippen LogP contribution in [0, 0.1) is 6.92 Å². The van der Waals surface area contributed by atoms with E-state index in [1.54, 1.807) is 7.11 Å². The van der Waals surface area contributed by atoms with Gasteiger partial charge in [0.1, 0.15) is 5.75 Å². The molecule has 0 aliphatic heterocycles. The Morgan fingerprint density at radius 3 is 2.60 bits per heavy atom. The average molecular weight is 273 g/mol. The molecule has 0 amide bonds. The highest BCUT2D eigenvalue weighted by atomic mass is 16.5. The Balaban J connectivity index is 2.41. The first kappa shape index (κ1) is 14.4. The molecule has 0 spiro atoms. The summed E-state index contributed by atoms with van der Waals surface area (Å²) in [5.41, 5.74) is 11.4. The minimum Gasteiger partial charge on any atom is -0.496 e. The summed E-state index contributed by atoms with van der Waals surface area (Å²) in [5.74, 6) is 0.893. The highest BCUT2D eigenvalue weighted by Crippen LogP contribution is 2.24. The van der Waals surface area contributed by atoms with Crippen LogP contribution in [0.25, 0.3) is 0 Å².